The van der Waals surface area contributed by atoms with E-state index in [0.29, 0.717) is 8.50 Å². The molecule has 0 rings (SSSR count). The minimum atomic E-state index is 0.101. The van der Waals surface area contributed by atoms with Crippen molar-refractivity contribution in [2.75, 3.05) is 0 Å². The van der Waals surface area contributed by atoms with E-state index in [2.05, 4.69) is 68.7 Å². The van der Waals surface area contributed by atoms with Crippen molar-refractivity contribution in [3.05, 3.63) is 60.8 Å². The average Bonchev–Trinajstić information content (AvgIpc) is 2.68. The van der Waals surface area contributed by atoms with Crippen LogP contribution in [0.25, 0.3) is 0 Å². The highest BCUT2D eigenvalue weighted by atomic mass is 32.0. The summed E-state index contributed by atoms with van der Waals surface area (Å²) in [5, 5.41) is 0. The van der Waals surface area contributed by atoms with Gasteiger partial charge in [-0.2, -0.15) is 0 Å². The minimum Gasteiger partial charge on any atom is -0.358 e. The highest BCUT2D eigenvalue weighted by Crippen LogP contribution is 2.25. The zero-order chi connectivity index (χ0) is 20.0. The van der Waals surface area contributed by atoms with Crippen molar-refractivity contribution in [1.82, 2.24) is 0 Å². The first-order valence-corrected chi connectivity index (χ1v) is 13.3. The number of rotatable bonds is 17. The standard InChI is InChI=1S/C22H39O2P3/c1-3-5-7-8-9-10-14-17-21(23-25)18-15-11-12-16-20-22(24-27-26)19-13-6-4-2/h6,10-16,18,20-22,27H,3-5,7-9,17,19,25-26H2,1-2H3. The SMILES string of the molecule is CCC=CCC(C=CC=CC=CC(CC=CCCCCCC)OP)OPP. The predicted molar refractivity (Wildman–Crippen MR) is 131 cm³/mol. The average molecular weight is 428 g/mol. The van der Waals surface area contributed by atoms with Crippen LogP contribution < -0.4 is 0 Å². The normalized spacial score (nSPS) is 15.7. The summed E-state index contributed by atoms with van der Waals surface area (Å²) in [6, 6.07) is 0. The maximum absolute atomic E-state index is 5.71. The van der Waals surface area contributed by atoms with Crippen molar-refractivity contribution in [3.8, 4) is 0 Å². The summed E-state index contributed by atoms with van der Waals surface area (Å²) in [5.74, 6) is 0. The number of hydrogen-bond donors (Lipinski definition) is 0. The van der Waals surface area contributed by atoms with Crippen molar-refractivity contribution >= 4 is 26.9 Å². The Bertz CT molecular complexity index is 456. The summed E-state index contributed by atoms with van der Waals surface area (Å²) in [6.07, 6.45) is 30.8. The molecule has 0 aromatic rings. The molecule has 0 radical (unpaired) electrons. The molecule has 5 atom stereocenters. The van der Waals surface area contributed by atoms with Gasteiger partial charge >= 0.3 is 0 Å². The second-order valence-electron chi connectivity index (χ2n) is 6.28. The highest BCUT2D eigenvalue weighted by molar-refractivity contribution is 8.00. The summed E-state index contributed by atoms with van der Waals surface area (Å²) < 4.78 is 11.1. The van der Waals surface area contributed by atoms with E-state index in [1.165, 1.54) is 32.1 Å². The lowest BCUT2D eigenvalue weighted by molar-refractivity contribution is 0.296. The van der Waals surface area contributed by atoms with Crippen LogP contribution in [0.4, 0.5) is 0 Å². The molecule has 5 heteroatoms. The predicted octanol–water partition coefficient (Wildman–Crippen LogP) is 7.87. The molecule has 0 N–H and O–H groups in total. The molecule has 27 heavy (non-hydrogen) atoms. The van der Waals surface area contributed by atoms with Gasteiger partial charge in [0.1, 0.15) is 0 Å². The fourth-order valence-corrected chi connectivity index (χ4v) is 3.45. The Morgan fingerprint density at radius 3 is 2.11 bits per heavy atom. The topological polar surface area (TPSA) is 18.5 Å². The van der Waals surface area contributed by atoms with Crippen molar-refractivity contribution in [1.29, 1.82) is 0 Å². The van der Waals surface area contributed by atoms with Crippen LogP contribution in [0.2, 0.25) is 0 Å². The minimum absolute atomic E-state index is 0.101. The first-order valence-electron chi connectivity index (χ1n) is 10.1. The van der Waals surface area contributed by atoms with Gasteiger partial charge in [0.2, 0.25) is 0 Å². The van der Waals surface area contributed by atoms with Gasteiger partial charge in [0.05, 0.1) is 12.2 Å². The zero-order valence-corrected chi connectivity index (χ0v) is 20.4. The van der Waals surface area contributed by atoms with Crippen LogP contribution in [0.3, 0.4) is 0 Å². The molecule has 0 aliphatic carbocycles. The van der Waals surface area contributed by atoms with E-state index in [1.54, 1.807) is 0 Å². The summed E-state index contributed by atoms with van der Waals surface area (Å²) in [7, 11) is 5.43. The molecule has 0 amide bonds. The third kappa shape index (κ3) is 19.0. The van der Waals surface area contributed by atoms with Gasteiger partial charge in [-0.3, -0.25) is 0 Å². The Hall–Kier alpha value is -0.0900. The molecule has 0 aliphatic heterocycles. The summed E-state index contributed by atoms with van der Waals surface area (Å²) in [5.41, 5.74) is 0. The second kappa shape index (κ2) is 22.2. The lowest BCUT2D eigenvalue weighted by Crippen LogP contribution is -2.01. The van der Waals surface area contributed by atoms with E-state index in [9.17, 15) is 0 Å². The lowest BCUT2D eigenvalue weighted by Gasteiger charge is -2.09. The van der Waals surface area contributed by atoms with Gasteiger partial charge < -0.3 is 9.05 Å². The Labute approximate surface area is 174 Å². The van der Waals surface area contributed by atoms with Crippen molar-refractivity contribution in [3.63, 3.8) is 0 Å². The van der Waals surface area contributed by atoms with E-state index < -0.39 is 0 Å². The molecule has 0 spiro atoms. The van der Waals surface area contributed by atoms with Crippen LogP contribution in [0.5, 0.6) is 0 Å². The molecule has 0 fully saturated rings. The lowest BCUT2D eigenvalue weighted by atomic mass is 10.1. The first-order chi connectivity index (χ1) is 13.3. The number of allylic oxidation sites excluding steroid dienone is 6. The molecule has 5 unspecified atom stereocenters. The fraction of sp³-hybridized carbons (Fsp3) is 0.545. The Morgan fingerprint density at radius 1 is 0.815 bits per heavy atom. The Kier molecular flexibility index (Phi) is 22.1. The van der Waals surface area contributed by atoms with Crippen LogP contribution in [0.15, 0.2) is 60.8 Å². The quantitative estimate of drug-likeness (QED) is 0.102. The van der Waals surface area contributed by atoms with Crippen LogP contribution >= 0.6 is 26.9 Å². The van der Waals surface area contributed by atoms with Gasteiger partial charge in [0.25, 0.3) is 0 Å². The van der Waals surface area contributed by atoms with Crippen molar-refractivity contribution in [2.45, 2.75) is 77.4 Å². The first kappa shape index (κ1) is 26.9. The van der Waals surface area contributed by atoms with E-state index in [4.69, 9.17) is 9.05 Å². The molecule has 0 aromatic heterocycles. The van der Waals surface area contributed by atoms with Gasteiger partial charge in [-0.05, 0) is 32.1 Å². The van der Waals surface area contributed by atoms with E-state index in [0.717, 1.165) is 19.3 Å². The largest absolute Gasteiger partial charge is 0.358 e. The van der Waals surface area contributed by atoms with Gasteiger partial charge in [-0.1, -0.05) is 103 Å². The summed E-state index contributed by atoms with van der Waals surface area (Å²) in [6.45, 7) is 4.39. The van der Waals surface area contributed by atoms with Gasteiger partial charge in [-0.15, -0.1) is 0 Å². The number of unbranched alkanes of at least 4 members (excludes halogenated alkanes) is 4. The monoisotopic (exact) mass is 428 g/mol. The maximum Gasteiger partial charge on any atom is 0.0836 e. The molecule has 0 aliphatic rings. The van der Waals surface area contributed by atoms with E-state index in [1.807, 2.05) is 24.3 Å². The Morgan fingerprint density at radius 2 is 1.48 bits per heavy atom. The van der Waals surface area contributed by atoms with Crippen molar-refractivity contribution < 1.29 is 9.05 Å². The maximum atomic E-state index is 5.71. The van der Waals surface area contributed by atoms with E-state index >= 15 is 0 Å². The highest BCUT2D eigenvalue weighted by Gasteiger charge is 2.00. The summed E-state index contributed by atoms with van der Waals surface area (Å²) >= 11 is 0. The van der Waals surface area contributed by atoms with Crippen LogP contribution in [-0.2, 0) is 9.05 Å². The molecular formula is C22H39O2P3. The molecule has 154 valence electrons. The smallest absolute Gasteiger partial charge is 0.0836 e. The molecule has 0 saturated carbocycles. The third-order valence-electron chi connectivity index (χ3n) is 3.91. The number of hydrogen-bond acceptors (Lipinski definition) is 2. The summed E-state index contributed by atoms with van der Waals surface area (Å²) in [4.78, 5) is 0. The van der Waals surface area contributed by atoms with Gasteiger partial charge in [-0.25, -0.2) is 0 Å². The molecule has 0 aromatic carbocycles. The van der Waals surface area contributed by atoms with Crippen molar-refractivity contribution in [2.24, 2.45) is 0 Å². The molecular weight excluding hydrogens is 389 g/mol. The zero-order valence-electron chi connectivity index (χ0n) is 17.1. The molecule has 0 heterocycles. The van der Waals surface area contributed by atoms with E-state index in [-0.39, 0.29) is 12.2 Å². The molecule has 0 bridgehead atoms. The molecule has 2 nitrogen and oxygen atoms in total. The van der Waals surface area contributed by atoms with Crippen LogP contribution in [-0.4, -0.2) is 12.2 Å². The molecule has 0 saturated heterocycles. The fourth-order valence-electron chi connectivity index (χ4n) is 2.37. The Balaban J connectivity index is 4.17. The van der Waals surface area contributed by atoms with Crippen LogP contribution in [0, 0.1) is 0 Å². The van der Waals surface area contributed by atoms with Gasteiger partial charge in [0.15, 0.2) is 0 Å². The second-order valence-corrected chi connectivity index (χ2v) is 7.73. The van der Waals surface area contributed by atoms with Gasteiger partial charge in [0, 0.05) is 18.0 Å². The van der Waals surface area contributed by atoms with Crippen LogP contribution in [0.1, 0.15) is 65.2 Å². The third-order valence-corrected chi connectivity index (χ3v) is 5.11.